The molecule has 10 nitrogen and oxygen atoms in total. The lowest BCUT2D eigenvalue weighted by Gasteiger charge is -2.21. The molecule has 4 rings (SSSR count). The predicted octanol–water partition coefficient (Wildman–Crippen LogP) is 7.00. The van der Waals surface area contributed by atoms with Gasteiger partial charge in [-0.05, 0) is 110 Å². The highest BCUT2D eigenvalue weighted by atomic mass is 79.9. The lowest BCUT2D eigenvalue weighted by atomic mass is 9.98. The molecule has 0 bridgehead atoms. The molecule has 2 saturated heterocycles. The Kier molecular flexibility index (Phi) is 16.3. The molecule has 3 N–H and O–H groups in total. The van der Waals surface area contributed by atoms with E-state index in [2.05, 4.69) is 49.7 Å². The van der Waals surface area contributed by atoms with E-state index in [0.29, 0.717) is 21.5 Å². The van der Waals surface area contributed by atoms with Crippen LogP contribution < -0.4 is 11.1 Å². The maximum absolute atomic E-state index is 12.5. The number of ether oxygens (including phenoxy) is 2. The van der Waals surface area contributed by atoms with Crippen LogP contribution in [0.2, 0.25) is 0 Å². The first kappa shape index (κ1) is 43.8. The lowest BCUT2D eigenvalue weighted by Crippen LogP contribution is -2.37. The fourth-order valence-electron chi connectivity index (χ4n) is 4.74. The van der Waals surface area contributed by atoms with Gasteiger partial charge in [0.1, 0.15) is 15.8 Å². The standard InChI is InChI=1S/C19H26N2O3S.C12H13BrO2S.C7H14N2O/c1-12(2)21-10-8-14(17(21)22)20-15-11-13(7-9-19(3,4)5)25-16(15)18(23)24-6;1-12(2,3)6-5-8-7-9(13)10(16-8)11(14)15-4;1-5(2)9-4-3-6(8)7(9)10/h11-12,14,20H,8,10H2,1-6H3;7H,1-4H3;5-6H,3-4,8H2,1-2H3/t;;6-/m..0/s1. The van der Waals surface area contributed by atoms with Crippen LogP contribution in [0.15, 0.2) is 16.6 Å². The van der Waals surface area contributed by atoms with E-state index in [1.54, 1.807) is 0 Å². The maximum Gasteiger partial charge on any atom is 0.350 e. The number of nitrogens with two attached hydrogens (primary N) is 1. The van der Waals surface area contributed by atoms with Crippen LogP contribution in [0.1, 0.15) is 111 Å². The van der Waals surface area contributed by atoms with Gasteiger partial charge in [-0.1, -0.05) is 23.7 Å². The fourth-order valence-corrected chi connectivity index (χ4v) is 7.24. The van der Waals surface area contributed by atoms with Crippen molar-refractivity contribution in [2.45, 2.75) is 106 Å². The summed E-state index contributed by atoms with van der Waals surface area (Å²) in [5.41, 5.74) is 5.98. The van der Waals surface area contributed by atoms with Crippen LogP contribution >= 0.6 is 38.6 Å². The van der Waals surface area contributed by atoms with Crippen molar-refractivity contribution >= 4 is 68.0 Å². The summed E-state index contributed by atoms with van der Waals surface area (Å²) in [5.74, 6) is 11.9. The lowest BCUT2D eigenvalue weighted by molar-refractivity contribution is -0.130. The summed E-state index contributed by atoms with van der Waals surface area (Å²) in [6.45, 7) is 21.8. The molecule has 0 aromatic carbocycles. The number of amides is 2. The molecule has 0 radical (unpaired) electrons. The number of esters is 2. The highest BCUT2D eigenvalue weighted by Gasteiger charge is 2.34. The minimum Gasteiger partial charge on any atom is -0.465 e. The number of carbonyl (C=O) groups is 4. The average molecular weight is 806 g/mol. The maximum atomic E-state index is 12.5. The number of likely N-dealkylation sites (tertiary alicyclic amines) is 2. The number of thiophene rings is 2. The molecule has 13 heteroatoms. The van der Waals surface area contributed by atoms with Crippen molar-refractivity contribution in [2.75, 3.05) is 32.6 Å². The highest BCUT2D eigenvalue weighted by molar-refractivity contribution is 9.10. The summed E-state index contributed by atoms with van der Waals surface area (Å²) in [5, 5.41) is 3.23. The third-order valence-corrected chi connectivity index (χ3v) is 10.3. The van der Waals surface area contributed by atoms with Crippen LogP contribution in [0, 0.1) is 34.5 Å². The van der Waals surface area contributed by atoms with E-state index in [4.69, 9.17) is 10.5 Å². The molecular formula is C38H53BrN4O6S2. The van der Waals surface area contributed by atoms with E-state index in [1.807, 2.05) is 91.2 Å². The Morgan fingerprint density at radius 2 is 1.27 bits per heavy atom. The highest BCUT2D eigenvalue weighted by Crippen LogP contribution is 2.31. The summed E-state index contributed by atoms with van der Waals surface area (Å²) < 4.78 is 10.3. The van der Waals surface area contributed by atoms with Crippen LogP contribution in [0.3, 0.4) is 0 Å². The number of hydrogen-bond donors (Lipinski definition) is 2. The number of hydrogen-bond acceptors (Lipinski definition) is 10. The Bertz CT molecular complexity index is 1680. The summed E-state index contributed by atoms with van der Waals surface area (Å²) in [6, 6.07) is 3.61. The van der Waals surface area contributed by atoms with E-state index in [9.17, 15) is 19.2 Å². The first-order valence-corrected chi connectivity index (χ1v) is 19.3. The summed E-state index contributed by atoms with van der Waals surface area (Å²) in [6.07, 6.45) is 1.54. The molecule has 2 aromatic rings. The van der Waals surface area contributed by atoms with Crippen molar-refractivity contribution in [2.24, 2.45) is 16.6 Å². The largest absolute Gasteiger partial charge is 0.465 e. The monoisotopic (exact) mass is 804 g/mol. The minimum absolute atomic E-state index is 0.0398. The third-order valence-electron chi connectivity index (χ3n) is 7.38. The second-order valence-corrected chi connectivity index (χ2v) is 17.7. The molecule has 0 spiro atoms. The molecular weight excluding hydrogens is 752 g/mol. The zero-order valence-electron chi connectivity index (χ0n) is 31.9. The normalized spacial score (nSPS) is 17.1. The third kappa shape index (κ3) is 13.6. The average Bonchev–Trinajstić information content (AvgIpc) is 3.81. The Morgan fingerprint density at radius 1 is 0.824 bits per heavy atom. The smallest absolute Gasteiger partial charge is 0.350 e. The molecule has 0 saturated carbocycles. The molecule has 51 heavy (non-hydrogen) atoms. The first-order chi connectivity index (χ1) is 23.6. The Balaban J connectivity index is 0.000000295. The summed E-state index contributed by atoms with van der Waals surface area (Å²) >= 11 is 5.95. The molecule has 2 atom stereocenters. The van der Waals surface area contributed by atoms with E-state index >= 15 is 0 Å². The van der Waals surface area contributed by atoms with Gasteiger partial charge >= 0.3 is 11.9 Å². The van der Waals surface area contributed by atoms with Crippen molar-refractivity contribution < 1.29 is 28.7 Å². The molecule has 2 fully saturated rings. The summed E-state index contributed by atoms with van der Waals surface area (Å²) in [4.78, 5) is 53.4. The predicted molar refractivity (Wildman–Crippen MR) is 210 cm³/mol. The molecule has 2 aromatic heterocycles. The number of anilines is 1. The second kappa shape index (κ2) is 18.9. The van der Waals surface area contributed by atoms with Crippen LogP contribution in [-0.2, 0) is 19.1 Å². The van der Waals surface area contributed by atoms with E-state index in [0.717, 1.165) is 40.2 Å². The van der Waals surface area contributed by atoms with Gasteiger partial charge in [-0.3, -0.25) is 9.59 Å². The van der Waals surface area contributed by atoms with Gasteiger partial charge in [0.05, 0.1) is 35.7 Å². The van der Waals surface area contributed by atoms with Crippen molar-refractivity contribution in [3.8, 4) is 23.7 Å². The molecule has 280 valence electrons. The number of rotatable bonds is 6. The minimum atomic E-state index is -0.414. The molecule has 2 amide bonds. The van der Waals surface area contributed by atoms with Gasteiger partial charge in [0.2, 0.25) is 11.8 Å². The van der Waals surface area contributed by atoms with E-state index in [-0.39, 0.29) is 46.7 Å². The summed E-state index contributed by atoms with van der Waals surface area (Å²) in [7, 11) is 2.72. The quantitative estimate of drug-likeness (QED) is 0.236. The van der Waals surface area contributed by atoms with Crippen LogP contribution in [-0.4, -0.2) is 85.0 Å². The fraction of sp³-hybridized carbons (Fsp3) is 0.579. The molecule has 2 aliphatic rings. The van der Waals surface area contributed by atoms with Gasteiger partial charge in [-0.2, -0.15) is 0 Å². The number of halogens is 1. The van der Waals surface area contributed by atoms with Crippen molar-refractivity contribution in [3.05, 3.63) is 36.1 Å². The number of methoxy groups -OCH3 is 2. The molecule has 0 aliphatic carbocycles. The zero-order valence-corrected chi connectivity index (χ0v) is 35.1. The van der Waals surface area contributed by atoms with Crippen molar-refractivity contribution in [1.29, 1.82) is 0 Å². The second-order valence-electron chi connectivity index (χ2n) is 14.8. The topological polar surface area (TPSA) is 131 Å². The van der Waals surface area contributed by atoms with Gasteiger partial charge in [0.15, 0.2) is 0 Å². The Labute approximate surface area is 320 Å². The molecule has 4 heterocycles. The van der Waals surface area contributed by atoms with Gasteiger partial charge in [-0.15, -0.1) is 22.7 Å². The number of nitrogens with one attached hydrogen (secondary N) is 1. The Morgan fingerprint density at radius 3 is 1.69 bits per heavy atom. The van der Waals surface area contributed by atoms with Crippen molar-refractivity contribution in [1.82, 2.24) is 9.80 Å². The van der Waals surface area contributed by atoms with Crippen LogP contribution in [0.4, 0.5) is 5.69 Å². The van der Waals surface area contributed by atoms with Gasteiger partial charge in [0, 0.05) is 40.5 Å². The Hall–Kier alpha value is -3.36. The van der Waals surface area contributed by atoms with Crippen LogP contribution in [0.25, 0.3) is 0 Å². The molecule has 2 aliphatic heterocycles. The zero-order chi connectivity index (χ0) is 38.8. The van der Waals surface area contributed by atoms with E-state index in [1.165, 1.54) is 36.9 Å². The van der Waals surface area contributed by atoms with E-state index < -0.39 is 5.97 Å². The van der Waals surface area contributed by atoms with Gasteiger partial charge < -0.3 is 30.3 Å². The molecule has 1 unspecified atom stereocenters. The van der Waals surface area contributed by atoms with Crippen molar-refractivity contribution in [3.63, 3.8) is 0 Å². The number of nitrogens with zero attached hydrogens (tertiary/aromatic N) is 2. The SMILES string of the molecule is CC(C)N1CC[C@H](N)C1=O.COC(=O)c1sc(C#CC(C)(C)C)cc1Br.COC(=O)c1sc(C#CC(C)(C)C)cc1NC1CCN(C(C)C)C1=O. The van der Waals surface area contributed by atoms with Gasteiger partial charge in [0.25, 0.3) is 0 Å². The number of carbonyl (C=O) groups excluding carboxylic acids is 4. The van der Waals surface area contributed by atoms with Crippen LogP contribution in [0.5, 0.6) is 0 Å². The van der Waals surface area contributed by atoms with Gasteiger partial charge in [-0.25, -0.2) is 9.59 Å². The first-order valence-electron chi connectivity index (χ1n) is 16.9.